The Kier molecular flexibility index (Phi) is 4.51. The summed E-state index contributed by atoms with van der Waals surface area (Å²) in [4.78, 5) is 22.5. The van der Waals surface area contributed by atoms with Crippen LogP contribution in [-0.4, -0.2) is 29.6 Å². The van der Waals surface area contributed by atoms with Crippen LogP contribution in [0.15, 0.2) is 0 Å². The van der Waals surface area contributed by atoms with Crippen molar-refractivity contribution in [2.24, 2.45) is 17.1 Å². The fourth-order valence-corrected chi connectivity index (χ4v) is 1.82. The van der Waals surface area contributed by atoms with Crippen LogP contribution in [0, 0.1) is 11.3 Å². The predicted octanol–water partition coefficient (Wildman–Crippen LogP) is 0.165. The standard InChI is InChI=1S/C12H22N2O3/c1-8(2)9(15)10(16)14-7-3-4-12(5-6-12)11(13)17/h8-9,15H,3-7H2,1-2H3,(H2,13,17)(H,14,16)/t9-/m0/s1. The van der Waals surface area contributed by atoms with E-state index in [9.17, 15) is 14.7 Å². The van der Waals surface area contributed by atoms with E-state index in [4.69, 9.17) is 5.73 Å². The van der Waals surface area contributed by atoms with Crippen molar-refractivity contribution < 1.29 is 14.7 Å². The van der Waals surface area contributed by atoms with E-state index in [-0.39, 0.29) is 23.1 Å². The van der Waals surface area contributed by atoms with Crippen molar-refractivity contribution in [2.75, 3.05) is 6.54 Å². The highest BCUT2D eigenvalue weighted by Crippen LogP contribution is 2.49. The maximum Gasteiger partial charge on any atom is 0.249 e. The number of nitrogens with one attached hydrogen (secondary N) is 1. The first-order valence-corrected chi connectivity index (χ1v) is 6.15. The van der Waals surface area contributed by atoms with Crippen molar-refractivity contribution >= 4 is 11.8 Å². The second kappa shape index (κ2) is 5.49. The highest BCUT2D eigenvalue weighted by molar-refractivity contribution is 5.83. The average molecular weight is 242 g/mol. The number of amides is 2. The van der Waals surface area contributed by atoms with Crippen LogP contribution in [0.2, 0.25) is 0 Å². The Morgan fingerprint density at radius 1 is 1.41 bits per heavy atom. The Morgan fingerprint density at radius 2 is 2.00 bits per heavy atom. The number of hydrogen-bond acceptors (Lipinski definition) is 3. The van der Waals surface area contributed by atoms with E-state index >= 15 is 0 Å². The van der Waals surface area contributed by atoms with Gasteiger partial charge in [-0.05, 0) is 31.6 Å². The van der Waals surface area contributed by atoms with E-state index in [2.05, 4.69) is 5.32 Å². The third kappa shape index (κ3) is 3.70. The Balaban J connectivity index is 2.17. The minimum Gasteiger partial charge on any atom is -0.383 e. The second-order valence-corrected chi connectivity index (χ2v) is 5.23. The lowest BCUT2D eigenvalue weighted by Gasteiger charge is -2.15. The van der Waals surface area contributed by atoms with E-state index in [1.807, 2.05) is 0 Å². The van der Waals surface area contributed by atoms with Gasteiger partial charge in [-0.2, -0.15) is 0 Å². The third-order valence-electron chi connectivity index (χ3n) is 3.41. The topological polar surface area (TPSA) is 92.4 Å². The van der Waals surface area contributed by atoms with Crippen molar-refractivity contribution in [2.45, 2.75) is 45.6 Å². The summed E-state index contributed by atoms with van der Waals surface area (Å²) in [6.07, 6.45) is 2.22. The molecular formula is C12H22N2O3. The van der Waals surface area contributed by atoms with Gasteiger partial charge in [0.1, 0.15) is 6.10 Å². The fraction of sp³-hybridized carbons (Fsp3) is 0.833. The second-order valence-electron chi connectivity index (χ2n) is 5.23. The summed E-state index contributed by atoms with van der Waals surface area (Å²) in [6, 6.07) is 0. The van der Waals surface area contributed by atoms with Crippen LogP contribution < -0.4 is 11.1 Å². The molecule has 1 atom stereocenters. The molecule has 2 amide bonds. The van der Waals surface area contributed by atoms with Crippen molar-refractivity contribution in [1.82, 2.24) is 5.32 Å². The van der Waals surface area contributed by atoms with Crippen LogP contribution in [0.4, 0.5) is 0 Å². The smallest absolute Gasteiger partial charge is 0.249 e. The number of aliphatic hydroxyl groups is 1. The Morgan fingerprint density at radius 3 is 2.41 bits per heavy atom. The van der Waals surface area contributed by atoms with Crippen molar-refractivity contribution in [1.29, 1.82) is 0 Å². The molecule has 0 heterocycles. The molecule has 1 fully saturated rings. The summed E-state index contributed by atoms with van der Waals surface area (Å²) < 4.78 is 0. The van der Waals surface area contributed by atoms with Gasteiger partial charge in [-0.15, -0.1) is 0 Å². The first kappa shape index (κ1) is 14.0. The molecule has 0 aromatic heterocycles. The molecule has 0 saturated heterocycles. The number of carbonyl (C=O) groups excluding carboxylic acids is 2. The minimum absolute atomic E-state index is 0.0876. The molecule has 0 spiro atoms. The van der Waals surface area contributed by atoms with Crippen LogP contribution in [0.5, 0.6) is 0 Å². The molecule has 5 nitrogen and oxygen atoms in total. The van der Waals surface area contributed by atoms with E-state index < -0.39 is 6.10 Å². The van der Waals surface area contributed by atoms with Gasteiger partial charge in [0.05, 0.1) is 0 Å². The zero-order valence-electron chi connectivity index (χ0n) is 10.5. The summed E-state index contributed by atoms with van der Waals surface area (Å²) in [5.74, 6) is -0.662. The van der Waals surface area contributed by atoms with E-state index in [0.717, 1.165) is 25.7 Å². The maximum absolute atomic E-state index is 11.4. The fourth-order valence-electron chi connectivity index (χ4n) is 1.82. The van der Waals surface area contributed by atoms with Crippen LogP contribution in [-0.2, 0) is 9.59 Å². The van der Waals surface area contributed by atoms with E-state index in [1.165, 1.54) is 0 Å². The molecule has 0 bridgehead atoms. The Hall–Kier alpha value is -1.10. The van der Waals surface area contributed by atoms with Gasteiger partial charge in [0.25, 0.3) is 0 Å². The minimum atomic E-state index is -0.957. The van der Waals surface area contributed by atoms with Crippen molar-refractivity contribution in [3.8, 4) is 0 Å². The largest absolute Gasteiger partial charge is 0.383 e. The lowest BCUT2D eigenvalue weighted by atomic mass is 9.99. The Labute approximate surface area is 102 Å². The molecule has 1 aliphatic rings. The molecule has 17 heavy (non-hydrogen) atoms. The summed E-state index contributed by atoms with van der Waals surface area (Å²) in [6.45, 7) is 4.06. The van der Waals surface area contributed by atoms with Crippen LogP contribution >= 0.6 is 0 Å². The van der Waals surface area contributed by atoms with Gasteiger partial charge in [-0.1, -0.05) is 13.8 Å². The number of hydrogen-bond donors (Lipinski definition) is 3. The normalized spacial score (nSPS) is 18.8. The van der Waals surface area contributed by atoms with Crippen LogP contribution in [0.25, 0.3) is 0 Å². The summed E-state index contributed by atoms with van der Waals surface area (Å²) in [5, 5.41) is 12.1. The van der Waals surface area contributed by atoms with E-state index in [1.54, 1.807) is 13.8 Å². The average Bonchev–Trinajstić information content (AvgIpc) is 3.04. The maximum atomic E-state index is 11.4. The lowest BCUT2D eigenvalue weighted by Crippen LogP contribution is -2.38. The predicted molar refractivity (Wildman–Crippen MR) is 63.9 cm³/mol. The summed E-state index contributed by atoms with van der Waals surface area (Å²) in [7, 11) is 0. The highest BCUT2D eigenvalue weighted by atomic mass is 16.3. The number of aliphatic hydroxyl groups excluding tert-OH is 1. The molecule has 0 radical (unpaired) electrons. The summed E-state index contributed by atoms with van der Waals surface area (Å²) in [5.41, 5.74) is 4.99. The van der Waals surface area contributed by atoms with Crippen LogP contribution in [0.1, 0.15) is 39.5 Å². The molecular weight excluding hydrogens is 220 g/mol. The number of carbonyl (C=O) groups is 2. The number of primary amides is 1. The molecule has 0 aliphatic heterocycles. The van der Waals surface area contributed by atoms with Crippen molar-refractivity contribution in [3.63, 3.8) is 0 Å². The number of rotatable bonds is 7. The first-order chi connectivity index (χ1) is 7.89. The molecule has 0 aromatic carbocycles. The van der Waals surface area contributed by atoms with Gasteiger partial charge in [-0.25, -0.2) is 0 Å². The summed E-state index contributed by atoms with van der Waals surface area (Å²) >= 11 is 0. The molecule has 1 aliphatic carbocycles. The molecule has 4 N–H and O–H groups in total. The van der Waals surface area contributed by atoms with Crippen LogP contribution in [0.3, 0.4) is 0 Å². The van der Waals surface area contributed by atoms with Crippen molar-refractivity contribution in [3.05, 3.63) is 0 Å². The monoisotopic (exact) mass is 242 g/mol. The van der Waals surface area contributed by atoms with Gasteiger partial charge in [0.15, 0.2) is 0 Å². The number of nitrogens with two attached hydrogens (primary N) is 1. The first-order valence-electron chi connectivity index (χ1n) is 6.15. The SMILES string of the molecule is CC(C)[C@H](O)C(=O)NCCCC1(C(N)=O)CC1. The van der Waals surface area contributed by atoms with Gasteiger partial charge >= 0.3 is 0 Å². The third-order valence-corrected chi connectivity index (χ3v) is 3.41. The zero-order valence-corrected chi connectivity index (χ0v) is 10.5. The molecule has 1 saturated carbocycles. The zero-order chi connectivity index (χ0) is 13.1. The quantitative estimate of drug-likeness (QED) is 0.555. The Bertz CT molecular complexity index is 298. The lowest BCUT2D eigenvalue weighted by molar-refractivity contribution is -0.131. The molecule has 98 valence electrons. The molecule has 0 aromatic rings. The molecule has 5 heteroatoms. The molecule has 0 unspecified atom stereocenters. The highest BCUT2D eigenvalue weighted by Gasteiger charge is 2.47. The van der Waals surface area contributed by atoms with E-state index in [0.29, 0.717) is 6.54 Å². The molecule has 1 rings (SSSR count). The van der Waals surface area contributed by atoms with Gasteiger partial charge in [0, 0.05) is 12.0 Å². The van der Waals surface area contributed by atoms with Gasteiger partial charge in [0.2, 0.25) is 11.8 Å². The van der Waals surface area contributed by atoms with Gasteiger partial charge in [-0.3, -0.25) is 9.59 Å². The van der Waals surface area contributed by atoms with Gasteiger partial charge < -0.3 is 16.2 Å².